The number of Topliss-reactive ketones (excluding diaryl/α,β-unsaturated/α-hetero) is 1. The van der Waals surface area contributed by atoms with E-state index in [4.69, 9.17) is 14.2 Å². The van der Waals surface area contributed by atoms with Gasteiger partial charge in [0.25, 0.3) is 5.91 Å². The van der Waals surface area contributed by atoms with Crippen LogP contribution in [0.5, 0.6) is 17.2 Å². The van der Waals surface area contributed by atoms with Gasteiger partial charge < -0.3 is 19.1 Å². The molecule has 1 fully saturated rings. The standard InChI is InChI=1S/C23H25NO5/c1-2-20(25)16-5-8-18(9-6-16)29-15-23(26)24-11-3-4-19(24)17-7-10-21-22(14-17)28-13-12-27-21/h5-10,14,19H,2-4,11-13,15H2,1H3. The van der Waals surface area contributed by atoms with Crippen LogP contribution in [0.15, 0.2) is 42.5 Å². The predicted molar refractivity (Wildman–Crippen MR) is 108 cm³/mol. The zero-order valence-electron chi connectivity index (χ0n) is 16.6. The summed E-state index contributed by atoms with van der Waals surface area (Å²) >= 11 is 0. The number of ether oxygens (including phenoxy) is 3. The van der Waals surface area contributed by atoms with Crippen LogP contribution in [0.25, 0.3) is 0 Å². The summed E-state index contributed by atoms with van der Waals surface area (Å²) in [6, 6.07) is 12.9. The highest BCUT2D eigenvalue weighted by Crippen LogP contribution is 2.38. The summed E-state index contributed by atoms with van der Waals surface area (Å²) in [6.07, 6.45) is 2.34. The van der Waals surface area contributed by atoms with Crippen LogP contribution in [-0.2, 0) is 4.79 Å². The predicted octanol–water partition coefficient (Wildman–Crippen LogP) is 3.79. The van der Waals surface area contributed by atoms with E-state index in [0.29, 0.717) is 37.5 Å². The van der Waals surface area contributed by atoms with Crippen LogP contribution in [0, 0.1) is 0 Å². The second-order valence-electron chi connectivity index (χ2n) is 7.24. The number of nitrogens with zero attached hydrogens (tertiary/aromatic N) is 1. The van der Waals surface area contributed by atoms with E-state index in [1.54, 1.807) is 24.3 Å². The quantitative estimate of drug-likeness (QED) is 0.696. The van der Waals surface area contributed by atoms with Gasteiger partial charge in [0.1, 0.15) is 19.0 Å². The van der Waals surface area contributed by atoms with Crippen molar-refractivity contribution in [3.05, 3.63) is 53.6 Å². The molecule has 4 rings (SSSR count). The molecular weight excluding hydrogens is 370 g/mol. The number of benzene rings is 2. The first-order valence-electron chi connectivity index (χ1n) is 10.1. The van der Waals surface area contributed by atoms with Crippen LogP contribution < -0.4 is 14.2 Å². The van der Waals surface area contributed by atoms with Crippen LogP contribution in [0.1, 0.15) is 48.1 Å². The Balaban J connectivity index is 1.39. The van der Waals surface area contributed by atoms with Crippen molar-refractivity contribution in [2.75, 3.05) is 26.4 Å². The van der Waals surface area contributed by atoms with Crippen LogP contribution in [0.2, 0.25) is 0 Å². The van der Waals surface area contributed by atoms with Gasteiger partial charge in [0, 0.05) is 18.5 Å². The number of amides is 1. The van der Waals surface area contributed by atoms with Gasteiger partial charge in [-0.3, -0.25) is 9.59 Å². The van der Waals surface area contributed by atoms with E-state index in [1.807, 2.05) is 30.0 Å². The SMILES string of the molecule is CCC(=O)c1ccc(OCC(=O)N2CCCC2c2ccc3c(c2)OCCO3)cc1. The van der Waals surface area contributed by atoms with Gasteiger partial charge in [-0.05, 0) is 54.8 Å². The number of hydrogen-bond acceptors (Lipinski definition) is 5. The van der Waals surface area contributed by atoms with Gasteiger partial charge in [0.2, 0.25) is 0 Å². The number of hydrogen-bond donors (Lipinski definition) is 0. The summed E-state index contributed by atoms with van der Waals surface area (Å²) in [5.41, 5.74) is 1.71. The normalized spacial score (nSPS) is 17.8. The summed E-state index contributed by atoms with van der Waals surface area (Å²) in [6.45, 7) is 3.62. The summed E-state index contributed by atoms with van der Waals surface area (Å²) in [4.78, 5) is 26.4. The Bertz CT molecular complexity index is 893. The van der Waals surface area contributed by atoms with E-state index in [2.05, 4.69) is 0 Å². The lowest BCUT2D eigenvalue weighted by Crippen LogP contribution is -2.34. The molecule has 0 spiro atoms. The molecule has 0 aromatic heterocycles. The lowest BCUT2D eigenvalue weighted by molar-refractivity contribution is -0.134. The van der Waals surface area contributed by atoms with Gasteiger partial charge in [-0.25, -0.2) is 0 Å². The van der Waals surface area contributed by atoms with Gasteiger partial charge in [0.15, 0.2) is 23.9 Å². The average molecular weight is 395 g/mol. The highest BCUT2D eigenvalue weighted by Gasteiger charge is 2.31. The van der Waals surface area contributed by atoms with E-state index >= 15 is 0 Å². The number of fused-ring (bicyclic) bond motifs is 1. The second kappa shape index (κ2) is 8.55. The minimum atomic E-state index is -0.0453. The molecule has 1 atom stereocenters. The zero-order valence-corrected chi connectivity index (χ0v) is 16.6. The third-order valence-corrected chi connectivity index (χ3v) is 5.38. The van der Waals surface area contributed by atoms with Crippen molar-refractivity contribution in [2.45, 2.75) is 32.2 Å². The number of rotatable bonds is 6. The van der Waals surface area contributed by atoms with Gasteiger partial charge >= 0.3 is 0 Å². The molecular formula is C23H25NO5. The number of likely N-dealkylation sites (tertiary alicyclic amines) is 1. The van der Waals surface area contributed by atoms with E-state index in [-0.39, 0.29) is 24.3 Å². The lowest BCUT2D eigenvalue weighted by Gasteiger charge is -2.26. The summed E-state index contributed by atoms with van der Waals surface area (Å²) < 4.78 is 16.9. The lowest BCUT2D eigenvalue weighted by atomic mass is 10.0. The average Bonchev–Trinajstić information content (AvgIpc) is 3.27. The molecule has 152 valence electrons. The van der Waals surface area contributed by atoms with Crippen molar-refractivity contribution in [2.24, 2.45) is 0 Å². The molecule has 0 saturated carbocycles. The minimum Gasteiger partial charge on any atom is -0.486 e. The van der Waals surface area contributed by atoms with Crippen LogP contribution in [0.4, 0.5) is 0 Å². The highest BCUT2D eigenvalue weighted by atomic mass is 16.6. The first kappa shape index (κ1) is 19.3. The maximum atomic E-state index is 12.8. The van der Waals surface area contributed by atoms with Gasteiger partial charge in [0.05, 0.1) is 6.04 Å². The molecule has 2 aliphatic heterocycles. The fraction of sp³-hybridized carbons (Fsp3) is 0.391. The first-order valence-corrected chi connectivity index (χ1v) is 10.1. The summed E-state index contributed by atoms with van der Waals surface area (Å²) in [5, 5.41) is 0. The van der Waals surface area contributed by atoms with E-state index in [0.717, 1.165) is 29.9 Å². The summed E-state index contributed by atoms with van der Waals surface area (Å²) in [7, 11) is 0. The number of ketones is 1. The fourth-order valence-electron chi connectivity index (χ4n) is 3.85. The van der Waals surface area contributed by atoms with E-state index in [9.17, 15) is 9.59 Å². The molecule has 2 aliphatic rings. The van der Waals surface area contributed by atoms with Crippen molar-refractivity contribution in [1.82, 2.24) is 4.90 Å². The third-order valence-electron chi connectivity index (χ3n) is 5.38. The van der Waals surface area contributed by atoms with Gasteiger partial charge in [-0.15, -0.1) is 0 Å². The number of carbonyl (C=O) groups excluding carboxylic acids is 2. The van der Waals surface area contributed by atoms with Crippen molar-refractivity contribution in [3.8, 4) is 17.2 Å². The Kier molecular flexibility index (Phi) is 5.69. The first-order chi connectivity index (χ1) is 14.2. The molecule has 0 radical (unpaired) electrons. The largest absolute Gasteiger partial charge is 0.486 e. The molecule has 2 aromatic carbocycles. The monoisotopic (exact) mass is 395 g/mol. The molecule has 29 heavy (non-hydrogen) atoms. The molecule has 0 aliphatic carbocycles. The maximum Gasteiger partial charge on any atom is 0.261 e. The molecule has 0 N–H and O–H groups in total. The van der Waals surface area contributed by atoms with Crippen molar-refractivity contribution < 1.29 is 23.8 Å². The second-order valence-corrected chi connectivity index (χ2v) is 7.24. The Morgan fingerprint density at radius 1 is 1.07 bits per heavy atom. The van der Waals surface area contributed by atoms with E-state index in [1.165, 1.54) is 0 Å². The van der Waals surface area contributed by atoms with Crippen molar-refractivity contribution >= 4 is 11.7 Å². The maximum absolute atomic E-state index is 12.8. The topological polar surface area (TPSA) is 65.1 Å². The molecule has 1 saturated heterocycles. The summed E-state index contributed by atoms with van der Waals surface area (Å²) in [5.74, 6) is 2.12. The highest BCUT2D eigenvalue weighted by molar-refractivity contribution is 5.95. The third kappa shape index (κ3) is 4.21. The minimum absolute atomic E-state index is 0.0199. The molecule has 1 unspecified atom stereocenters. The Hall–Kier alpha value is -3.02. The molecule has 2 heterocycles. The fourth-order valence-corrected chi connectivity index (χ4v) is 3.85. The Morgan fingerprint density at radius 2 is 1.83 bits per heavy atom. The molecule has 1 amide bonds. The van der Waals surface area contributed by atoms with Crippen LogP contribution in [-0.4, -0.2) is 43.0 Å². The van der Waals surface area contributed by atoms with Crippen LogP contribution in [0.3, 0.4) is 0 Å². The van der Waals surface area contributed by atoms with Crippen LogP contribution >= 0.6 is 0 Å². The van der Waals surface area contributed by atoms with Crippen molar-refractivity contribution in [1.29, 1.82) is 0 Å². The van der Waals surface area contributed by atoms with Crippen molar-refractivity contribution in [3.63, 3.8) is 0 Å². The van der Waals surface area contributed by atoms with Gasteiger partial charge in [-0.1, -0.05) is 13.0 Å². The molecule has 2 aromatic rings. The molecule has 6 heteroatoms. The Morgan fingerprint density at radius 3 is 2.59 bits per heavy atom. The number of carbonyl (C=O) groups is 2. The molecule has 6 nitrogen and oxygen atoms in total. The zero-order chi connectivity index (χ0) is 20.2. The Labute approximate surface area is 170 Å². The molecule has 0 bridgehead atoms. The smallest absolute Gasteiger partial charge is 0.261 e. The van der Waals surface area contributed by atoms with Gasteiger partial charge in [-0.2, -0.15) is 0 Å². The van der Waals surface area contributed by atoms with E-state index < -0.39 is 0 Å².